The summed E-state index contributed by atoms with van der Waals surface area (Å²) in [4.78, 5) is 4.51. The highest BCUT2D eigenvalue weighted by Gasteiger charge is 2.03. The Morgan fingerprint density at radius 1 is 0.864 bits per heavy atom. The van der Waals surface area contributed by atoms with Gasteiger partial charge in [-0.25, -0.2) is 4.98 Å². The van der Waals surface area contributed by atoms with Crippen LogP contribution in [0.3, 0.4) is 0 Å². The molecule has 106 valence electrons. The molecule has 0 unspecified atom stereocenters. The van der Waals surface area contributed by atoms with Crippen molar-refractivity contribution in [1.29, 1.82) is 5.26 Å². The van der Waals surface area contributed by atoms with Crippen molar-refractivity contribution in [1.82, 2.24) is 4.98 Å². The van der Waals surface area contributed by atoms with E-state index in [1.54, 1.807) is 12.1 Å². The number of hydrogen-bond donors (Lipinski definition) is 0. The van der Waals surface area contributed by atoms with E-state index in [2.05, 4.69) is 11.1 Å². The van der Waals surface area contributed by atoms with Crippen LogP contribution >= 0.6 is 0 Å². The average molecular weight is 286 g/mol. The lowest BCUT2D eigenvalue weighted by atomic mass is 10.1. The van der Waals surface area contributed by atoms with Gasteiger partial charge in [-0.05, 0) is 23.8 Å². The van der Waals surface area contributed by atoms with Crippen LogP contribution in [0.15, 0.2) is 72.8 Å². The van der Waals surface area contributed by atoms with Crippen LogP contribution < -0.4 is 4.74 Å². The maximum absolute atomic E-state index is 8.84. The number of nitriles is 1. The summed E-state index contributed by atoms with van der Waals surface area (Å²) in [5, 5.41) is 8.84. The summed E-state index contributed by atoms with van der Waals surface area (Å²) in [7, 11) is 0. The summed E-state index contributed by atoms with van der Waals surface area (Å²) in [6, 6.07) is 25.1. The van der Waals surface area contributed by atoms with Gasteiger partial charge in [0.05, 0.1) is 17.3 Å². The van der Waals surface area contributed by atoms with E-state index in [1.165, 1.54) is 0 Å². The van der Waals surface area contributed by atoms with Crippen molar-refractivity contribution in [3.8, 4) is 23.2 Å². The van der Waals surface area contributed by atoms with Gasteiger partial charge < -0.3 is 4.74 Å². The number of nitrogens with zero attached hydrogens (tertiary/aromatic N) is 2. The van der Waals surface area contributed by atoms with Gasteiger partial charge in [-0.15, -0.1) is 0 Å². The minimum Gasteiger partial charge on any atom is -0.473 e. The lowest BCUT2D eigenvalue weighted by Gasteiger charge is -2.07. The minimum atomic E-state index is 0.491. The van der Waals surface area contributed by atoms with E-state index in [0.29, 0.717) is 18.1 Å². The summed E-state index contributed by atoms with van der Waals surface area (Å²) in [5.74, 6) is 0.589. The second kappa shape index (κ2) is 6.55. The molecule has 0 amide bonds. The number of ether oxygens (including phenoxy) is 1. The highest BCUT2D eigenvalue weighted by Crippen LogP contribution is 2.20. The minimum absolute atomic E-state index is 0.491. The van der Waals surface area contributed by atoms with Gasteiger partial charge in [0.2, 0.25) is 5.88 Å². The Morgan fingerprint density at radius 2 is 1.64 bits per heavy atom. The molecule has 0 saturated heterocycles. The highest BCUT2D eigenvalue weighted by molar-refractivity contribution is 5.60. The van der Waals surface area contributed by atoms with Gasteiger partial charge in [-0.1, -0.05) is 48.5 Å². The van der Waals surface area contributed by atoms with Gasteiger partial charge >= 0.3 is 0 Å². The number of aromatic nitrogens is 1. The van der Waals surface area contributed by atoms with Crippen molar-refractivity contribution in [3.05, 3.63) is 83.9 Å². The molecule has 0 radical (unpaired) electrons. The SMILES string of the molecule is N#Cc1ccc(-c2cccc(OCc3ccccc3)n2)cc1. The van der Waals surface area contributed by atoms with Crippen LogP contribution in [0.2, 0.25) is 0 Å². The molecular formula is C19H14N2O. The molecule has 3 rings (SSSR count). The second-order valence-electron chi connectivity index (χ2n) is 4.82. The van der Waals surface area contributed by atoms with Gasteiger partial charge in [0.1, 0.15) is 6.61 Å². The van der Waals surface area contributed by atoms with Crippen LogP contribution in [-0.2, 0) is 6.61 Å². The fourth-order valence-corrected chi connectivity index (χ4v) is 2.10. The molecular weight excluding hydrogens is 272 g/mol. The van der Waals surface area contributed by atoms with Crippen LogP contribution in [0, 0.1) is 11.3 Å². The lowest BCUT2D eigenvalue weighted by Crippen LogP contribution is -1.97. The Balaban J connectivity index is 1.76. The van der Waals surface area contributed by atoms with Crippen molar-refractivity contribution in [2.75, 3.05) is 0 Å². The Kier molecular flexibility index (Phi) is 4.12. The molecule has 3 heteroatoms. The van der Waals surface area contributed by atoms with Crippen LogP contribution in [0.1, 0.15) is 11.1 Å². The zero-order chi connectivity index (χ0) is 15.2. The molecule has 0 N–H and O–H groups in total. The van der Waals surface area contributed by atoms with E-state index in [4.69, 9.17) is 10.00 Å². The van der Waals surface area contributed by atoms with E-state index in [9.17, 15) is 0 Å². The largest absolute Gasteiger partial charge is 0.473 e. The summed E-state index contributed by atoms with van der Waals surface area (Å²) < 4.78 is 5.74. The molecule has 22 heavy (non-hydrogen) atoms. The molecule has 0 aliphatic carbocycles. The van der Waals surface area contributed by atoms with Crippen LogP contribution in [0.5, 0.6) is 5.88 Å². The summed E-state index contributed by atoms with van der Waals surface area (Å²) >= 11 is 0. The predicted molar refractivity (Wildman–Crippen MR) is 85.2 cm³/mol. The third kappa shape index (κ3) is 3.31. The van der Waals surface area contributed by atoms with E-state index >= 15 is 0 Å². The standard InChI is InChI=1S/C19H14N2O/c20-13-15-9-11-17(12-10-15)18-7-4-8-19(21-18)22-14-16-5-2-1-3-6-16/h1-12H,14H2. The van der Waals surface area contributed by atoms with Crippen LogP contribution in [-0.4, -0.2) is 4.98 Å². The first-order valence-corrected chi connectivity index (χ1v) is 6.99. The number of pyridine rings is 1. The van der Waals surface area contributed by atoms with Gasteiger partial charge in [-0.2, -0.15) is 5.26 Å². The molecule has 0 saturated carbocycles. The Morgan fingerprint density at radius 3 is 2.36 bits per heavy atom. The molecule has 0 spiro atoms. The molecule has 0 aliphatic rings. The molecule has 2 aromatic carbocycles. The molecule has 0 aliphatic heterocycles. The Hall–Kier alpha value is -3.12. The fourth-order valence-electron chi connectivity index (χ4n) is 2.10. The monoisotopic (exact) mass is 286 g/mol. The summed E-state index contributed by atoms with van der Waals surface area (Å²) in [5.41, 5.74) is 3.53. The van der Waals surface area contributed by atoms with E-state index in [-0.39, 0.29) is 0 Å². The van der Waals surface area contributed by atoms with Crippen molar-refractivity contribution < 1.29 is 4.74 Å². The second-order valence-corrected chi connectivity index (χ2v) is 4.82. The first-order chi connectivity index (χ1) is 10.8. The molecule has 0 bridgehead atoms. The molecule has 0 atom stereocenters. The van der Waals surface area contributed by atoms with E-state index in [1.807, 2.05) is 60.7 Å². The Bertz CT molecular complexity index is 790. The third-order valence-corrected chi connectivity index (χ3v) is 3.26. The quantitative estimate of drug-likeness (QED) is 0.722. The van der Waals surface area contributed by atoms with Crippen LogP contribution in [0.4, 0.5) is 0 Å². The first kappa shape index (κ1) is 13.8. The molecule has 3 aromatic rings. The first-order valence-electron chi connectivity index (χ1n) is 6.99. The van der Waals surface area contributed by atoms with Gasteiger partial charge in [-0.3, -0.25) is 0 Å². The topological polar surface area (TPSA) is 45.9 Å². The summed E-state index contributed by atoms with van der Waals surface area (Å²) in [6.07, 6.45) is 0. The summed E-state index contributed by atoms with van der Waals surface area (Å²) in [6.45, 7) is 0.491. The lowest BCUT2D eigenvalue weighted by molar-refractivity contribution is 0.294. The van der Waals surface area contributed by atoms with Gasteiger partial charge in [0.25, 0.3) is 0 Å². The Labute approximate surface area is 129 Å². The van der Waals surface area contributed by atoms with E-state index < -0.39 is 0 Å². The fraction of sp³-hybridized carbons (Fsp3) is 0.0526. The number of hydrogen-bond acceptors (Lipinski definition) is 3. The van der Waals surface area contributed by atoms with E-state index in [0.717, 1.165) is 16.8 Å². The van der Waals surface area contributed by atoms with Gasteiger partial charge in [0.15, 0.2) is 0 Å². The molecule has 0 fully saturated rings. The molecule has 3 nitrogen and oxygen atoms in total. The maximum Gasteiger partial charge on any atom is 0.214 e. The van der Waals surface area contributed by atoms with Crippen molar-refractivity contribution in [2.24, 2.45) is 0 Å². The van der Waals surface area contributed by atoms with Crippen molar-refractivity contribution in [2.45, 2.75) is 6.61 Å². The van der Waals surface area contributed by atoms with Crippen molar-refractivity contribution in [3.63, 3.8) is 0 Å². The smallest absolute Gasteiger partial charge is 0.214 e. The zero-order valence-corrected chi connectivity index (χ0v) is 11.9. The highest BCUT2D eigenvalue weighted by atomic mass is 16.5. The van der Waals surface area contributed by atoms with Crippen molar-refractivity contribution >= 4 is 0 Å². The predicted octanol–water partition coefficient (Wildman–Crippen LogP) is 4.20. The molecule has 1 aromatic heterocycles. The third-order valence-electron chi connectivity index (χ3n) is 3.26. The number of rotatable bonds is 4. The molecule has 1 heterocycles. The van der Waals surface area contributed by atoms with Gasteiger partial charge in [0, 0.05) is 11.6 Å². The number of benzene rings is 2. The average Bonchev–Trinajstić information content (AvgIpc) is 2.61. The van der Waals surface area contributed by atoms with Crippen LogP contribution in [0.25, 0.3) is 11.3 Å². The zero-order valence-electron chi connectivity index (χ0n) is 11.9. The maximum atomic E-state index is 8.84. The normalized spacial score (nSPS) is 9.95.